The lowest BCUT2D eigenvalue weighted by molar-refractivity contribution is -0.121. The van der Waals surface area contributed by atoms with Crippen molar-refractivity contribution in [2.45, 2.75) is 24.2 Å². The summed E-state index contributed by atoms with van der Waals surface area (Å²) in [6.07, 6.45) is 2.57. The van der Waals surface area contributed by atoms with E-state index >= 15 is 0 Å². The summed E-state index contributed by atoms with van der Waals surface area (Å²) in [4.78, 5) is 13.1. The molecule has 1 aliphatic rings. The van der Waals surface area contributed by atoms with Crippen molar-refractivity contribution in [2.75, 3.05) is 39.1 Å². The van der Waals surface area contributed by atoms with Crippen LogP contribution in [0, 0.1) is 5.41 Å². The number of thioether (sulfide) groups is 1. The molecule has 24 heavy (non-hydrogen) atoms. The normalized spacial score (nSPS) is 16.2. The number of hydrogen-bond acceptors (Lipinski definition) is 4. The molecule has 0 spiro atoms. The van der Waals surface area contributed by atoms with E-state index in [2.05, 4.69) is 10.6 Å². The zero-order valence-corrected chi connectivity index (χ0v) is 16.4. The minimum atomic E-state index is 0. The van der Waals surface area contributed by atoms with Crippen molar-refractivity contribution in [3.05, 3.63) is 29.3 Å². The molecule has 0 bridgehead atoms. The Morgan fingerprint density at radius 2 is 2.08 bits per heavy atom. The largest absolute Gasteiger partial charge is 0.384 e. The van der Waals surface area contributed by atoms with E-state index in [0.717, 1.165) is 41.6 Å². The van der Waals surface area contributed by atoms with Gasteiger partial charge in [-0.2, -0.15) is 0 Å². The molecule has 0 unspecified atom stereocenters. The van der Waals surface area contributed by atoms with Crippen molar-refractivity contribution in [3.63, 3.8) is 0 Å². The summed E-state index contributed by atoms with van der Waals surface area (Å²) >= 11 is 7.73. The van der Waals surface area contributed by atoms with E-state index < -0.39 is 0 Å². The van der Waals surface area contributed by atoms with Crippen molar-refractivity contribution < 1.29 is 9.53 Å². The number of piperidine rings is 1. The molecule has 1 saturated heterocycles. The van der Waals surface area contributed by atoms with Crippen LogP contribution in [0.25, 0.3) is 0 Å². The number of hydrogen-bond donors (Lipinski definition) is 2. The first kappa shape index (κ1) is 21.6. The summed E-state index contributed by atoms with van der Waals surface area (Å²) in [6, 6.07) is 7.72. The standard InChI is InChI=1S/C17H25ClN2O2S.ClH/c1-22-13-17(7-9-19-10-8-17)12-20-16(21)6-11-23-15-5-3-2-4-14(15)18;/h2-5,19H,6-13H2,1H3,(H,20,21);1H. The van der Waals surface area contributed by atoms with Gasteiger partial charge in [0.15, 0.2) is 0 Å². The summed E-state index contributed by atoms with van der Waals surface area (Å²) in [6.45, 7) is 3.37. The molecule has 1 aromatic rings. The average Bonchev–Trinajstić information content (AvgIpc) is 2.56. The first-order valence-corrected chi connectivity index (χ1v) is 9.35. The molecule has 0 radical (unpaired) electrons. The fourth-order valence-corrected chi connectivity index (χ4v) is 4.01. The van der Waals surface area contributed by atoms with Gasteiger partial charge in [0.05, 0.1) is 11.6 Å². The predicted octanol–water partition coefficient (Wildman–Crippen LogP) is 3.38. The van der Waals surface area contributed by atoms with Gasteiger partial charge in [-0.3, -0.25) is 4.79 Å². The van der Waals surface area contributed by atoms with E-state index in [1.54, 1.807) is 18.9 Å². The number of benzene rings is 1. The smallest absolute Gasteiger partial charge is 0.220 e. The summed E-state index contributed by atoms with van der Waals surface area (Å²) in [5, 5.41) is 7.19. The summed E-state index contributed by atoms with van der Waals surface area (Å²) in [7, 11) is 1.73. The second kappa shape index (κ2) is 11.2. The van der Waals surface area contributed by atoms with Gasteiger partial charge in [-0.15, -0.1) is 24.2 Å². The molecule has 0 aliphatic carbocycles. The van der Waals surface area contributed by atoms with Gasteiger partial charge in [0, 0.05) is 36.1 Å². The highest BCUT2D eigenvalue weighted by atomic mass is 35.5. The Morgan fingerprint density at radius 3 is 2.75 bits per heavy atom. The third-order valence-electron chi connectivity index (χ3n) is 4.20. The maximum absolute atomic E-state index is 12.1. The SMILES string of the molecule is COCC1(CNC(=O)CCSc2ccccc2Cl)CCNCC1.Cl. The Kier molecular flexibility index (Phi) is 10.1. The van der Waals surface area contributed by atoms with Gasteiger partial charge in [-0.1, -0.05) is 23.7 Å². The van der Waals surface area contributed by atoms with Crippen molar-refractivity contribution in [2.24, 2.45) is 5.41 Å². The molecule has 0 aromatic heterocycles. The number of carbonyl (C=O) groups excluding carboxylic acids is 1. The number of halogens is 2. The van der Waals surface area contributed by atoms with E-state index in [9.17, 15) is 4.79 Å². The quantitative estimate of drug-likeness (QED) is 0.665. The lowest BCUT2D eigenvalue weighted by Crippen LogP contribution is -2.47. The van der Waals surface area contributed by atoms with Gasteiger partial charge in [0.2, 0.25) is 5.91 Å². The first-order valence-electron chi connectivity index (χ1n) is 7.99. The van der Waals surface area contributed by atoms with Gasteiger partial charge >= 0.3 is 0 Å². The third kappa shape index (κ3) is 6.81. The maximum atomic E-state index is 12.1. The van der Waals surface area contributed by atoms with Crippen LogP contribution < -0.4 is 10.6 Å². The van der Waals surface area contributed by atoms with Gasteiger partial charge < -0.3 is 15.4 Å². The summed E-state index contributed by atoms with van der Waals surface area (Å²) in [5.41, 5.74) is 0.0749. The minimum absolute atomic E-state index is 0. The maximum Gasteiger partial charge on any atom is 0.220 e. The van der Waals surface area contributed by atoms with Crippen molar-refractivity contribution in [1.29, 1.82) is 0 Å². The van der Waals surface area contributed by atoms with Gasteiger partial charge in [-0.05, 0) is 38.1 Å². The Morgan fingerprint density at radius 1 is 1.38 bits per heavy atom. The van der Waals surface area contributed by atoms with Gasteiger partial charge in [0.25, 0.3) is 0 Å². The Labute approximate surface area is 159 Å². The molecule has 1 aliphatic heterocycles. The summed E-state index contributed by atoms with van der Waals surface area (Å²) in [5.74, 6) is 0.826. The average molecular weight is 393 g/mol. The van der Waals surface area contributed by atoms with E-state index in [1.165, 1.54) is 0 Å². The first-order chi connectivity index (χ1) is 11.2. The Hall–Kier alpha value is -0.460. The second-order valence-corrected chi connectivity index (χ2v) is 7.53. The predicted molar refractivity (Wildman–Crippen MR) is 103 cm³/mol. The summed E-state index contributed by atoms with van der Waals surface area (Å²) < 4.78 is 5.37. The minimum Gasteiger partial charge on any atom is -0.384 e. The molecule has 1 heterocycles. The number of nitrogens with one attached hydrogen (secondary N) is 2. The number of rotatable bonds is 8. The molecule has 2 rings (SSSR count). The van der Waals surface area contributed by atoms with Crippen molar-refractivity contribution in [3.8, 4) is 0 Å². The Balaban J connectivity index is 0.00000288. The number of methoxy groups -OCH3 is 1. The van der Waals surface area contributed by atoms with E-state index in [-0.39, 0.29) is 23.7 Å². The highest BCUT2D eigenvalue weighted by molar-refractivity contribution is 7.99. The van der Waals surface area contributed by atoms with Crippen LogP contribution in [0.15, 0.2) is 29.2 Å². The molecular weight excluding hydrogens is 367 g/mol. The van der Waals surface area contributed by atoms with Crippen LogP contribution >= 0.6 is 35.8 Å². The number of ether oxygens (including phenoxy) is 1. The second-order valence-electron chi connectivity index (χ2n) is 5.99. The highest BCUT2D eigenvalue weighted by Gasteiger charge is 2.32. The van der Waals surface area contributed by atoms with Crippen LogP contribution in [0.3, 0.4) is 0 Å². The van der Waals surface area contributed by atoms with Gasteiger partial charge in [-0.25, -0.2) is 0 Å². The zero-order valence-electron chi connectivity index (χ0n) is 14.0. The molecule has 0 saturated carbocycles. The topological polar surface area (TPSA) is 50.4 Å². The zero-order chi connectivity index (χ0) is 16.5. The third-order valence-corrected chi connectivity index (χ3v) is 5.72. The van der Waals surface area contributed by atoms with Crippen LogP contribution in [0.5, 0.6) is 0 Å². The van der Waals surface area contributed by atoms with Crippen molar-refractivity contribution >= 4 is 41.7 Å². The van der Waals surface area contributed by atoms with Crippen molar-refractivity contribution in [1.82, 2.24) is 10.6 Å². The van der Waals surface area contributed by atoms with E-state index in [1.807, 2.05) is 24.3 Å². The molecular formula is C17H26Cl2N2O2S. The molecule has 1 amide bonds. The molecule has 7 heteroatoms. The number of carbonyl (C=O) groups is 1. The van der Waals surface area contributed by atoms with Gasteiger partial charge in [0.1, 0.15) is 0 Å². The van der Waals surface area contributed by atoms with E-state index in [4.69, 9.17) is 16.3 Å². The lowest BCUT2D eigenvalue weighted by Gasteiger charge is -2.37. The van der Waals surface area contributed by atoms with Crippen LogP contribution in [0.4, 0.5) is 0 Å². The fraction of sp³-hybridized carbons (Fsp3) is 0.588. The fourth-order valence-electron chi connectivity index (χ4n) is 2.83. The Bertz CT molecular complexity index is 506. The monoisotopic (exact) mass is 392 g/mol. The molecule has 2 N–H and O–H groups in total. The van der Waals surface area contributed by atoms with Crippen LogP contribution in [0.2, 0.25) is 5.02 Å². The molecule has 1 aromatic carbocycles. The van der Waals surface area contributed by atoms with Crippen LogP contribution in [-0.2, 0) is 9.53 Å². The molecule has 0 atom stereocenters. The highest BCUT2D eigenvalue weighted by Crippen LogP contribution is 2.29. The molecule has 1 fully saturated rings. The van der Waals surface area contributed by atoms with Crippen LogP contribution in [0.1, 0.15) is 19.3 Å². The number of amides is 1. The van der Waals surface area contributed by atoms with E-state index in [0.29, 0.717) is 19.6 Å². The molecule has 4 nitrogen and oxygen atoms in total. The lowest BCUT2D eigenvalue weighted by atomic mass is 9.79. The molecule has 136 valence electrons. The van der Waals surface area contributed by atoms with Crippen LogP contribution in [-0.4, -0.2) is 45.0 Å².